The lowest BCUT2D eigenvalue weighted by Gasteiger charge is -2.39. The van der Waals surface area contributed by atoms with Crippen LogP contribution in [-0.4, -0.2) is 89.0 Å². The fraction of sp³-hybridized carbons (Fsp3) is 0.843. The Morgan fingerprint density at radius 2 is 0.918 bits per heavy atom. The van der Waals surface area contributed by atoms with Crippen LogP contribution >= 0.6 is 0 Å². The number of esters is 2. The van der Waals surface area contributed by atoms with Gasteiger partial charge in [0.1, 0.15) is 31.0 Å². The topological polar surface area (TPSA) is 152 Å². The predicted octanol–water partition coefficient (Wildman–Crippen LogP) is 11.4. The van der Waals surface area contributed by atoms with Crippen molar-refractivity contribution < 1.29 is 49.0 Å². The molecule has 1 aliphatic heterocycles. The molecule has 6 unspecified atom stereocenters. The van der Waals surface area contributed by atoms with Crippen LogP contribution in [0.25, 0.3) is 0 Å². The van der Waals surface area contributed by atoms with Crippen LogP contribution in [0.3, 0.4) is 0 Å². The van der Waals surface area contributed by atoms with Crippen molar-refractivity contribution in [3.05, 3.63) is 36.5 Å². The molecule has 0 saturated carbocycles. The summed E-state index contributed by atoms with van der Waals surface area (Å²) in [5.74, 6) is -0.820. The SMILES string of the molecule is CCCCC/C=C\C/C=C\CCCCCCCC(=O)OC(COC(=O)CCCCCCCCCCC/C=C\CCCCCCCCCC)COC1OC(CO)C(O)C(O)C1O. The molecule has 0 bridgehead atoms. The van der Waals surface area contributed by atoms with Gasteiger partial charge in [0, 0.05) is 12.8 Å². The molecule has 10 nitrogen and oxygen atoms in total. The fourth-order valence-corrected chi connectivity index (χ4v) is 7.51. The summed E-state index contributed by atoms with van der Waals surface area (Å²) in [5, 5.41) is 40.1. The minimum atomic E-state index is -1.60. The maximum absolute atomic E-state index is 12.8. The number of carbonyl (C=O) groups excluding carboxylic acids is 2. The van der Waals surface area contributed by atoms with Crippen LogP contribution in [0.15, 0.2) is 36.5 Å². The smallest absolute Gasteiger partial charge is 0.306 e. The highest BCUT2D eigenvalue weighted by Crippen LogP contribution is 2.23. The summed E-state index contributed by atoms with van der Waals surface area (Å²) in [6.45, 7) is 3.40. The van der Waals surface area contributed by atoms with Gasteiger partial charge in [0.05, 0.1) is 13.2 Å². The molecule has 1 aliphatic rings. The van der Waals surface area contributed by atoms with Crippen molar-refractivity contribution in [1.82, 2.24) is 0 Å². The van der Waals surface area contributed by atoms with Crippen LogP contribution < -0.4 is 0 Å². The molecule has 1 rings (SSSR count). The van der Waals surface area contributed by atoms with Gasteiger partial charge in [-0.3, -0.25) is 9.59 Å². The van der Waals surface area contributed by atoms with Crippen LogP contribution in [0.5, 0.6) is 0 Å². The van der Waals surface area contributed by atoms with E-state index < -0.39 is 49.4 Å². The van der Waals surface area contributed by atoms with E-state index in [1.807, 2.05) is 0 Å². The molecule has 0 amide bonds. The Labute approximate surface area is 372 Å². The minimum absolute atomic E-state index is 0.214. The van der Waals surface area contributed by atoms with E-state index in [9.17, 15) is 30.0 Å². The second kappa shape index (κ2) is 41.9. The summed E-state index contributed by atoms with van der Waals surface area (Å²) >= 11 is 0. The monoisotopic (exact) mass is 865 g/mol. The van der Waals surface area contributed by atoms with E-state index in [1.54, 1.807) is 0 Å². The summed E-state index contributed by atoms with van der Waals surface area (Å²) in [5.41, 5.74) is 0. The number of hydrogen-bond acceptors (Lipinski definition) is 10. The average molecular weight is 865 g/mol. The van der Waals surface area contributed by atoms with Crippen LogP contribution in [0.4, 0.5) is 0 Å². The van der Waals surface area contributed by atoms with Crippen LogP contribution in [-0.2, 0) is 28.5 Å². The van der Waals surface area contributed by atoms with E-state index in [4.69, 9.17) is 18.9 Å². The number of hydrogen-bond donors (Lipinski definition) is 4. The largest absolute Gasteiger partial charge is 0.462 e. The summed E-state index contributed by atoms with van der Waals surface area (Å²) in [6, 6.07) is 0. The van der Waals surface area contributed by atoms with E-state index in [0.29, 0.717) is 6.42 Å². The molecular weight excluding hydrogens is 773 g/mol. The van der Waals surface area contributed by atoms with E-state index >= 15 is 0 Å². The molecule has 0 aliphatic carbocycles. The molecule has 356 valence electrons. The molecule has 1 fully saturated rings. The zero-order valence-electron chi connectivity index (χ0n) is 38.9. The zero-order chi connectivity index (χ0) is 44.4. The summed E-state index contributed by atoms with van der Waals surface area (Å²) in [6.07, 6.45) is 41.5. The van der Waals surface area contributed by atoms with Gasteiger partial charge in [0.25, 0.3) is 0 Å². The highest BCUT2D eigenvalue weighted by atomic mass is 16.7. The number of aliphatic hydroxyl groups is 4. The second-order valence-corrected chi connectivity index (χ2v) is 17.3. The fourth-order valence-electron chi connectivity index (χ4n) is 7.51. The number of allylic oxidation sites excluding steroid dienone is 6. The quantitative estimate of drug-likeness (QED) is 0.0265. The average Bonchev–Trinajstić information content (AvgIpc) is 3.26. The third-order valence-corrected chi connectivity index (χ3v) is 11.5. The normalized spacial score (nSPS) is 20.0. The Hall–Kier alpha value is -2.08. The lowest BCUT2D eigenvalue weighted by Crippen LogP contribution is -2.59. The van der Waals surface area contributed by atoms with Gasteiger partial charge in [0.15, 0.2) is 12.4 Å². The van der Waals surface area contributed by atoms with Gasteiger partial charge in [-0.05, 0) is 70.6 Å². The number of ether oxygens (including phenoxy) is 4. The molecule has 0 aromatic heterocycles. The molecule has 0 aromatic carbocycles. The first-order valence-corrected chi connectivity index (χ1v) is 25.1. The Bertz CT molecular complexity index is 1090. The zero-order valence-corrected chi connectivity index (χ0v) is 38.9. The molecule has 10 heteroatoms. The van der Waals surface area contributed by atoms with Gasteiger partial charge in [0.2, 0.25) is 0 Å². The first kappa shape index (κ1) is 56.9. The minimum Gasteiger partial charge on any atom is -0.462 e. The van der Waals surface area contributed by atoms with Crippen molar-refractivity contribution in [2.75, 3.05) is 19.8 Å². The van der Waals surface area contributed by atoms with Gasteiger partial charge < -0.3 is 39.4 Å². The number of aliphatic hydroxyl groups excluding tert-OH is 4. The summed E-state index contributed by atoms with van der Waals surface area (Å²) in [4.78, 5) is 25.4. The maximum Gasteiger partial charge on any atom is 0.306 e. The van der Waals surface area contributed by atoms with Gasteiger partial charge in [-0.25, -0.2) is 0 Å². The van der Waals surface area contributed by atoms with Crippen molar-refractivity contribution in [2.45, 2.75) is 256 Å². The molecular formula is C51H92O10. The van der Waals surface area contributed by atoms with Gasteiger partial charge in [-0.15, -0.1) is 0 Å². The Kier molecular flexibility index (Phi) is 39.1. The van der Waals surface area contributed by atoms with Crippen molar-refractivity contribution in [2.24, 2.45) is 0 Å². The highest BCUT2D eigenvalue weighted by Gasteiger charge is 2.44. The molecule has 6 atom stereocenters. The predicted molar refractivity (Wildman–Crippen MR) is 247 cm³/mol. The number of unbranched alkanes of at least 4 members (excludes halogenated alkanes) is 25. The van der Waals surface area contributed by atoms with Crippen molar-refractivity contribution in [3.8, 4) is 0 Å². The Balaban J connectivity index is 2.27. The lowest BCUT2D eigenvalue weighted by molar-refractivity contribution is -0.305. The third kappa shape index (κ3) is 33.1. The summed E-state index contributed by atoms with van der Waals surface area (Å²) < 4.78 is 22.2. The standard InChI is InChI=1S/C51H92O10/c1-3-5-7-9-11-13-15-17-19-20-21-22-23-24-26-27-29-31-33-35-37-39-46(53)58-42-44(43-59-51-50(57)49(56)48(55)45(41-52)61-51)60-47(54)40-38-36-34-32-30-28-25-18-16-14-12-10-8-6-4-2/h12,14,18,20-21,25,44-45,48-52,55-57H,3-11,13,15-17,19,22-24,26-43H2,1-2H3/b14-12-,21-20-,25-18-. The highest BCUT2D eigenvalue weighted by molar-refractivity contribution is 5.70. The van der Waals surface area contributed by atoms with E-state index in [-0.39, 0.29) is 32.0 Å². The van der Waals surface area contributed by atoms with Gasteiger partial charge in [-0.2, -0.15) is 0 Å². The molecule has 0 aromatic rings. The number of rotatable bonds is 42. The summed E-state index contributed by atoms with van der Waals surface area (Å²) in [7, 11) is 0. The maximum atomic E-state index is 12.8. The van der Waals surface area contributed by atoms with E-state index in [2.05, 4.69) is 50.3 Å². The van der Waals surface area contributed by atoms with E-state index in [0.717, 1.165) is 70.6 Å². The van der Waals surface area contributed by atoms with Crippen molar-refractivity contribution in [1.29, 1.82) is 0 Å². The van der Waals surface area contributed by atoms with Gasteiger partial charge in [-0.1, -0.05) is 172 Å². The van der Waals surface area contributed by atoms with E-state index in [1.165, 1.54) is 116 Å². The molecule has 61 heavy (non-hydrogen) atoms. The van der Waals surface area contributed by atoms with Crippen molar-refractivity contribution in [3.63, 3.8) is 0 Å². The van der Waals surface area contributed by atoms with Crippen LogP contribution in [0.2, 0.25) is 0 Å². The molecule has 1 saturated heterocycles. The van der Waals surface area contributed by atoms with Crippen molar-refractivity contribution >= 4 is 11.9 Å². The van der Waals surface area contributed by atoms with Crippen LogP contribution in [0.1, 0.15) is 219 Å². The molecule has 4 N–H and O–H groups in total. The third-order valence-electron chi connectivity index (χ3n) is 11.5. The molecule has 0 radical (unpaired) electrons. The first-order valence-electron chi connectivity index (χ1n) is 25.1. The number of carbonyl (C=O) groups is 2. The Morgan fingerprint density at radius 1 is 0.508 bits per heavy atom. The van der Waals surface area contributed by atoms with Gasteiger partial charge >= 0.3 is 11.9 Å². The van der Waals surface area contributed by atoms with Crippen LogP contribution in [0, 0.1) is 0 Å². The second-order valence-electron chi connectivity index (χ2n) is 17.3. The Morgan fingerprint density at radius 3 is 1.41 bits per heavy atom. The molecule has 0 spiro atoms. The first-order chi connectivity index (χ1) is 29.8. The lowest BCUT2D eigenvalue weighted by atomic mass is 9.99. The molecule has 1 heterocycles.